The Labute approximate surface area is 347 Å². The molecule has 334 valence electrons. The monoisotopic (exact) mass is 799 g/mol. The Morgan fingerprint density at radius 1 is 0.304 bits per heavy atom. The molecule has 0 rings (SSSR count). The van der Waals surface area contributed by atoms with E-state index in [0.29, 0.717) is 26.4 Å². The summed E-state index contributed by atoms with van der Waals surface area (Å²) < 4.78 is 33.8. The van der Waals surface area contributed by atoms with E-state index in [-0.39, 0.29) is 12.2 Å². The fraction of sp³-hybridized carbons (Fsp3) is 0.958. The van der Waals surface area contributed by atoms with Crippen LogP contribution in [-0.4, -0.2) is 64.2 Å². The summed E-state index contributed by atoms with van der Waals surface area (Å²) in [5.74, 6) is 0. The van der Waals surface area contributed by atoms with E-state index >= 15 is 0 Å². The fourth-order valence-corrected chi connectivity index (χ4v) is 7.07. The van der Waals surface area contributed by atoms with Crippen LogP contribution < -0.4 is 0 Å². The zero-order valence-corrected chi connectivity index (χ0v) is 37.7. The van der Waals surface area contributed by atoms with E-state index in [1.165, 1.54) is 116 Å². The van der Waals surface area contributed by atoms with Gasteiger partial charge in [-0.25, -0.2) is 9.59 Å². The minimum atomic E-state index is -0.492. The van der Waals surface area contributed by atoms with Gasteiger partial charge in [0.05, 0.1) is 26.4 Å². The van der Waals surface area contributed by atoms with E-state index in [1.807, 2.05) is 0 Å². The van der Waals surface area contributed by atoms with Crippen LogP contribution >= 0.6 is 0 Å². The number of carbonyl (C=O) groups is 2. The molecule has 0 heterocycles. The number of hydrogen-bond donors (Lipinski definition) is 0. The Bertz CT molecular complexity index is 729. The van der Waals surface area contributed by atoms with Gasteiger partial charge in [-0.3, -0.25) is 0 Å². The van der Waals surface area contributed by atoms with Crippen LogP contribution in [0.25, 0.3) is 0 Å². The maximum atomic E-state index is 12.4. The summed E-state index contributed by atoms with van der Waals surface area (Å²) in [6.07, 6.45) is 38.0. The molecule has 0 bridgehead atoms. The standard InChI is InChI=1S/C48H94O8/c1-5-9-13-17-19-21-29-37-45(35-27-15-11-7-3)55-47(49)53-41-33-25-23-31-39-51-43-44-52-40-32-24-26-34-42-54-48(50)56-46(36-28-16-12-8-4)38-30-22-20-18-14-10-6-2/h45-46H,5-44H2,1-4H3. The van der Waals surface area contributed by atoms with Gasteiger partial charge >= 0.3 is 12.3 Å². The van der Waals surface area contributed by atoms with Crippen molar-refractivity contribution in [3.8, 4) is 0 Å². The topological polar surface area (TPSA) is 89.5 Å². The van der Waals surface area contributed by atoms with Gasteiger partial charge in [0.25, 0.3) is 0 Å². The number of ether oxygens (including phenoxy) is 6. The van der Waals surface area contributed by atoms with Gasteiger partial charge in [-0.1, -0.05) is 156 Å². The summed E-state index contributed by atoms with van der Waals surface area (Å²) in [6, 6.07) is 0. The second-order valence-electron chi connectivity index (χ2n) is 16.2. The molecule has 0 amide bonds. The van der Waals surface area contributed by atoms with Crippen molar-refractivity contribution in [2.45, 2.75) is 258 Å². The number of rotatable bonds is 45. The Hall–Kier alpha value is -1.54. The average Bonchev–Trinajstić information content (AvgIpc) is 3.19. The summed E-state index contributed by atoms with van der Waals surface area (Å²) in [4.78, 5) is 24.7. The van der Waals surface area contributed by atoms with Crippen molar-refractivity contribution in [3.63, 3.8) is 0 Å². The summed E-state index contributed by atoms with van der Waals surface area (Å²) in [5.41, 5.74) is 0. The zero-order chi connectivity index (χ0) is 40.8. The quantitative estimate of drug-likeness (QED) is 0.0444. The van der Waals surface area contributed by atoms with E-state index in [4.69, 9.17) is 28.4 Å². The van der Waals surface area contributed by atoms with E-state index in [1.54, 1.807) is 0 Å². The third-order valence-electron chi connectivity index (χ3n) is 10.7. The van der Waals surface area contributed by atoms with E-state index in [2.05, 4.69) is 27.7 Å². The van der Waals surface area contributed by atoms with Gasteiger partial charge in [0.15, 0.2) is 0 Å². The lowest BCUT2D eigenvalue weighted by molar-refractivity contribution is 0.0142. The molecule has 0 saturated heterocycles. The first-order valence-corrected chi connectivity index (χ1v) is 24.4. The van der Waals surface area contributed by atoms with Crippen LogP contribution in [-0.2, 0) is 28.4 Å². The normalized spacial score (nSPS) is 12.4. The van der Waals surface area contributed by atoms with Crippen LogP contribution in [0.5, 0.6) is 0 Å². The summed E-state index contributed by atoms with van der Waals surface area (Å²) >= 11 is 0. The Kier molecular flexibility index (Phi) is 44.9. The first-order chi connectivity index (χ1) is 27.6. The van der Waals surface area contributed by atoms with Gasteiger partial charge in [-0.15, -0.1) is 0 Å². The summed E-state index contributed by atoms with van der Waals surface area (Å²) in [7, 11) is 0. The van der Waals surface area contributed by atoms with Crippen molar-refractivity contribution < 1.29 is 38.0 Å². The van der Waals surface area contributed by atoms with Crippen molar-refractivity contribution in [3.05, 3.63) is 0 Å². The van der Waals surface area contributed by atoms with Crippen molar-refractivity contribution in [1.82, 2.24) is 0 Å². The van der Waals surface area contributed by atoms with Gasteiger partial charge in [-0.05, 0) is 89.9 Å². The van der Waals surface area contributed by atoms with Crippen LogP contribution in [0.2, 0.25) is 0 Å². The van der Waals surface area contributed by atoms with Crippen molar-refractivity contribution in [1.29, 1.82) is 0 Å². The van der Waals surface area contributed by atoms with Gasteiger partial charge < -0.3 is 28.4 Å². The molecular formula is C48H94O8. The highest BCUT2D eigenvalue weighted by molar-refractivity contribution is 5.60. The molecule has 0 aliphatic rings. The molecule has 0 spiro atoms. The molecule has 0 N–H and O–H groups in total. The van der Waals surface area contributed by atoms with E-state index in [9.17, 15) is 9.59 Å². The maximum Gasteiger partial charge on any atom is 0.508 e. The van der Waals surface area contributed by atoms with Gasteiger partial charge in [0, 0.05) is 13.2 Å². The predicted molar refractivity (Wildman–Crippen MR) is 234 cm³/mol. The second kappa shape index (κ2) is 46.2. The van der Waals surface area contributed by atoms with Crippen molar-refractivity contribution in [2.24, 2.45) is 0 Å². The predicted octanol–water partition coefficient (Wildman–Crippen LogP) is 15.4. The smallest absolute Gasteiger partial charge is 0.434 e. The summed E-state index contributed by atoms with van der Waals surface area (Å²) in [6.45, 7) is 12.5. The highest BCUT2D eigenvalue weighted by atomic mass is 16.7. The maximum absolute atomic E-state index is 12.4. The van der Waals surface area contributed by atoms with Crippen LogP contribution in [0.15, 0.2) is 0 Å². The molecule has 2 unspecified atom stereocenters. The molecule has 2 atom stereocenters. The largest absolute Gasteiger partial charge is 0.508 e. The molecule has 0 aliphatic carbocycles. The zero-order valence-electron chi connectivity index (χ0n) is 37.7. The van der Waals surface area contributed by atoms with Crippen molar-refractivity contribution >= 4 is 12.3 Å². The lowest BCUT2D eigenvalue weighted by atomic mass is 10.0. The number of unbranched alkanes of at least 4 members (excludes halogenated alkanes) is 24. The first-order valence-electron chi connectivity index (χ1n) is 24.4. The molecule has 56 heavy (non-hydrogen) atoms. The minimum absolute atomic E-state index is 0.00717. The van der Waals surface area contributed by atoms with Crippen LogP contribution in [0.1, 0.15) is 246 Å². The number of hydrogen-bond acceptors (Lipinski definition) is 8. The van der Waals surface area contributed by atoms with E-state index in [0.717, 1.165) is 116 Å². The molecule has 0 radical (unpaired) electrons. The molecule has 0 aliphatic heterocycles. The average molecular weight is 799 g/mol. The van der Waals surface area contributed by atoms with E-state index < -0.39 is 12.3 Å². The first kappa shape index (κ1) is 54.5. The minimum Gasteiger partial charge on any atom is -0.434 e. The van der Waals surface area contributed by atoms with Gasteiger partial charge in [0.1, 0.15) is 12.2 Å². The van der Waals surface area contributed by atoms with Crippen molar-refractivity contribution in [2.75, 3.05) is 39.6 Å². The molecule has 8 heteroatoms. The lowest BCUT2D eigenvalue weighted by Crippen LogP contribution is -2.19. The fourth-order valence-electron chi connectivity index (χ4n) is 7.07. The van der Waals surface area contributed by atoms with Crippen LogP contribution in [0.3, 0.4) is 0 Å². The number of carbonyl (C=O) groups excluding carboxylic acids is 2. The molecule has 0 aromatic heterocycles. The summed E-state index contributed by atoms with van der Waals surface area (Å²) in [5, 5.41) is 0. The molecule has 0 aromatic rings. The highest BCUT2D eigenvalue weighted by Crippen LogP contribution is 2.19. The van der Waals surface area contributed by atoms with Crippen LogP contribution in [0.4, 0.5) is 9.59 Å². The Morgan fingerprint density at radius 3 is 0.875 bits per heavy atom. The molecular weight excluding hydrogens is 705 g/mol. The molecule has 0 fully saturated rings. The Morgan fingerprint density at radius 2 is 0.554 bits per heavy atom. The lowest BCUT2D eigenvalue weighted by Gasteiger charge is -2.18. The Balaban J connectivity index is 3.76. The van der Waals surface area contributed by atoms with Crippen LogP contribution in [0, 0.1) is 0 Å². The second-order valence-corrected chi connectivity index (χ2v) is 16.2. The molecule has 0 saturated carbocycles. The molecule has 8 nitrogen and oxygen atoms in total. The van der Waals surface area contributed by atoms with Gasteiger partial charge in [0.2, 0.25) is 0 Å². The third-order valence-corrected chi connectivity index (χ3v) is 10.7. The highest BCUT2D eigenvalue weighted by Gasteiger charge is 2.16. The SMILES string of the molecule is CCCCCCCCCC(CCCCCC)OC(=O)OCCCCCCOCCOCCCCCCOC(=O)OC(CCCCCC)CCCCCCCCC. The molecule has 0 aromatic carbocycles. The van der Waals surface area contributed by atoms with Gasteiger partial charge in [-0.2, -0.15) is 0 Å². The third kappa shape index (κ3) is 42.1.